The maximum atomic E-state index is 4.56. The molecular formula is C9H18S6. The van der Waals surface area contributed by atoms with E-state index in [2.05, 4.69) is 58.7 Å². The van der Waals surface area contributed by atoms with Crippen LogP contribution >= 0.6 is 73.2 Å². The Morgan fingerprint density at radius 3 is 1.00 bits per heavy atom. The molecule has 0 bridgehead atoms. The zero-order chi connectivity index (χ0) is 11.6. The molecule has 0 aliphatic carbocycles. The molecule has 1 aliphatic rings. The third kappa shape index (κ3) is 4.70. The predicted molar refractivity (Wildman–Crippen MR) is 89.5 cm³/mol. The third-order valence-corrected chi connectivity index (χ3v) is 10.2. The molecule has 0 spiro atoms. The monoisotopic (exact) mass is 318 g/mol. The summed E-state index contributed by atoms with van der Waals surface area (Å²) in [5, 5.41) is 1.26. The Kier molecular flexibility index (Phi) is 6.95. The van der Waals surface area contributed by atoms with Gasteiger partial charge in [-0.05, 0) is 0 Å². The highest BCUT2D eigenvalue weighted by Crippen LogP contribution is 2.52. The lowest BCUT2D eigenvalue weighted by molar-refractivity contribution is 1.01. The molecular weight excluding hydrogens is 301 g/mol. The summed E-state index contributed by atoms with van der Waals surface area (Å²) >= 11 is 19.7. The van der Waals surface area contributed by atoms with Crippen molar-refractivity contribution in [1.82, 2.24) is 0 Å². The van der Waals surface area contributed by atoms with Gasteiger partial charge in [-0.15, -0.1) is 35.3 Å². The van der Waals surface area contributed by atoms with Crippen LogP contribution in [0.1, 0.15) is 20.8 Å². The molecule has 1 fully saturated rings. The summed E-state index contributed by atoms with van der Waals surface area (Å²) in [6.07, 6.45) is 0. The highest BCUT2D eigenvalue weighted by atomic mass is 32.3. The zero-order valence-corrected chi connectivity index (χ0v) is 14.2. The summed E-state index contributed by atoms with van der Waals surface area (Å²) in [4.78, 5) is 0. The first-order chi connectivity index (χ1) is 6.91. The van der Waals surface area contributed by atoms with Crippen LogP contribution in [0.3, 0.4) is 0 Å². The Hall–Kier alpha value is 2.10. The molecule has 1 aliphatic heterocycles. The number of hydrogen-bond donors (Lipinski definition) is 3. The van der Waals surface area contributed by atoms with Crippen LogP contribution in [0.15, 0.2) is 0 Å². The van der Waals surface area contributed by atoms with Gasteiger partial charge in [0.25, 0.3) is 0 Å². The molecule has 15 heavy (non-hydrogen) atoms. The molecule has 3 unspecified atom stereocenters. The summed E-state index contributed by atoms with van der Waals surface area (Å²) in [5.74, 6) is 0. The van der Waals surface area contributed by atoms with Crippen molar-refractivity contribution in [3.8, 4) is 0 Å². The zero-order valence-electron chi connectivity index (χ0n) is 9.03. The summed E-state index contributed by atoms with van der Waals surface area (Å²) in [6, 6.07) is 0. The van der Waals surface area contributed by atoms with Gasteiger partial charge in [-0.25, -0.2) is 0 Å². The van der Waals surface area contributed by atoms with E-state index in [1.165, 1.54) is 0 Å². The summed E-state index contributed by atoms with van der Waals surface area (Å²) in [5.41, 5.74) is 0. The predicted octanol–water partition coefficient (Wildman–Crippen LogP) is 4.13. The highest BCUT2D eigenvalue weighted by molar-refractivity contribution is 8.34. The number of hydrogen-bond acceptors (Lipinski definition) is 6. The van der Waals surface area contributed by atoms with E-state index in [0.29, 0.717) is 29.5 Å². The van der Waals surface area contributed by atoms with Crippen LogP contribution in [0.2, 0.25) is 0 Å². The average Bonchev–Trinajstić information content (AvgIpc) is 2.16. The second-order valence-electron chi connectivity index (χ2n) is 3.74. The van der Waals surface area contributed by atoms with E-state index in [9.17, 15) is 0 Å². The lowest BCUT2D eigenvalue weighted by Gasteiger charge is -2.38. The van der Waals surface area contributed by atoms with Gasteiger partial charge in [-0.2, -0.15) is 37.9 Å². The van der Waals surface area contributed by atoms with Gasteiger partial charge in [0.1, 0.15) is 0 Å². The van der Waals surface area contributed by atoms with Crippen molar-refractivity contribution in [3.05, 3.63) is 0 Å². The second-order valence-corrected chi connectivity index (χ2v) is 10.9. The van der Waals surface area contributed by atoms with Crippen molar-refractivity contribution in [2.75, 3.05) is 0 Å². The average molecular weight is 319 g/mol. The van der Waals surface area contributed by atoms with Crippen LogP contribution in [0.5, 0.6) is 0 Å². The quantitative estimate of drug-likeness (QED) is 0.670. The van der Waals surface area contributed by atoms with E-state index in [-0.39, 0.29) is 0 Å². The lowest BCUT2D eigenvalue weighted by Crippen LogP contribution is -2.30. The van der Waals surface area contributed by atoms with Crippen LogP contribution in [-0.4, -0.2) is 29.5 Å². The number of thioether (sulfide) groups is 3. The topological polar surface area (TPSA) is 0 Å². The fourth-order valence-electron chi connectivity index (χ4n) is 1.18. The van der Waals surface area contributed by atoms with Crippen molar-refractivity contribution in [1.29, 1.82) is 0 Å². The van der Waals surface area contributed by atoms with Crippen molar-refractivity contribution in [2.45, 2.75) is 50.3 Å². The first-order valence-electron chi connectivity index (χ1n) is 4.92. The van der Waals surface area contributed by atoms with Crippen LogP contribution < -0.4 is 0 Å². The second kappa shape index (κ2) is 6.88. The molecule has 1 saturated heterocycles. The fourth-order valence-corrected chi connectivity index (χ4v) is 8.16. The molecule has 6 heteroatoms. The van der Waals surface area contributed by atoms with Crippen molar-refractivity contribution in [2.24, 2.45) is 0 Å². The van der Waals surface area contributed by atoms with Gasteiger partial charge >= 0.3 is 0 Å². The minimum Gasteiger partial charge on any atom is -0.174 e. The van der Waals surface area contributed by atoms with E-state index >= 15 is 0 Å². The number of thiol groups is 3. The van der Waals surface area contributed by atoms with E-state index in [1.54, 1.807) is 0 Å². The Morgan fingerprint density at radius 1 is 0.667 bits per heavy atom. The SMILES string of the molecule is CC(S)C1SC(C(C)S)SC(C(C)S)S1. The van der Waals surface area contributed by atoms with Gasteiger partial charge in [0, 0.05) is 15.7 Å². The Morgan fingerprint density at radius 2 is 0.867 bits per heavy atom. The Bertz CT molecular complexity index is 154. The molecule has 90 valence electrons. The summed E-state index contributed by atoms with van der Waals surface area (Å²) < 4.78 is 1.69. The lowest BCUT2D eigenvalue weighted by atomic mass is 10.5. The van der Waals surface area contributed by atoms with Crippen molar-refractivity contribution in [3.63, 3.8) is 0 Å². The molecule has 0 amide bonds. The van der Waals surface area contributed by atoms with Gasteiger partial charge in [-0.1, -0.05) is 20.8 Å². The normalized spacial score (nSPS) is 38.4. The van der Waals surface area contributed by atoms with E-state index in [0.717, 1.165) is 0 Å². The first-order valence-corrected chi connectivity index (χ1v) is 9.30. The standard InChI is InChI=1S/C9H18S6/c1-4(10)7-13-8(5(2)11)15-9(14-7)6(3)12/h4-12H,1-3H3. The maximum absolute atomic E-state index is 4.56. The molecule has 1 rings (SSSR count). The highest BCUT2D eigenvalue weighted by Gasteiger charge is 2.35. The van der Waals surface area contributed by atoms with Gasteiger partial charge in [0.05, 0.1) is 13.7 Å². The van der Waals surface area contributed by atoms with Gasteiger partial charge in [0.15, 0.2) is 0 Å². The van der Waals surface area contributed by atoms with Gasteiger partial charge < -0.3 is 0 Å². The van der Waals surface area contributed by atoms with Crippen molar-refractivity contribution >= 4 is 73.2 Å². The summed E-state index contributed by atoms with van der Waals surface area (Å²) in [6.45, 7) is 6.51. The minimum absolute atomic E-state index is 0.421. The molecule has 0 N–H and O–H groups in total. The van der Waals surface area contributed by atoms with Crippen LogP contribution in [0.4, 0.5) is 0 Å². The fraction of sp³-hybridized carbons (Fsp3) is 1.00. The molecule has 0 nitrogen and oxygen atoms in total. The van der Waals surface area contributed by atoms with Gasteiger partial charge in [0.2, 0.25) is 0 Å². The van der Waals surface area contributed by atoms with Crippen LogP contribution in [0.25, 0.3) is 0 Å². The molecule has 0 aromatic heterocycles. The van der Waals surface area contributed by atoms with Crippen molar-refractivity contribution < 1.29 is 0 Å². The van der Waals surface area contributed by atoms with E-state index < -0.39 is 0 Å². The molecule has 0 saturated carbocycles. The smallest absolute Gasteiger partial charge is 0.0638 e. The first kappa shape index (κ1) is 15.2. The Labute approximate surface area is 122 Å². The van der Waals surface area contributed by atoms with E-state index in [4.69, 9.17) is 0 Å². The molecule has 0 radical (unpaired) electrons. The third-order valence-electron chi connectivity index (χ3n) is 1.99. The molecule has 0 aromatic rings. The Balaban J connectivity index is 2.64. The maximum Gasteiger partial charge on any atom is 0.0638 e. The minimum atomic E-state index is 0.421. The summed E-state index contributed by atoms with van der Waals surface area (Å²) in [7, 11) is 0. The molecule has 0 aromatic carbocycles. The molecule has 1 heterocycles. The van der Waals surface area contributed by atoms with Crippen LogP contribution in [-0.2, 0) is 0 Å². The van der Waals surface area contributed by atoms with Crippen LogP contribution in [0, 0.1) is 0 Å². The molecule has 3 atom stereocenters. The van der Waals surface area contributed by atoms with Gasteiger partial charge in [-0.3, -0.25) is 0 Å². The largest absolute Gasteiger partial charge is 0.174 e. The number of rotatable bonds is 3. The van der Waals surface area contributed by atoms with E-state index in [1.807, 2.05) is 35.3 Å².